The molecule has 0 bridgehead atoms. The molecular weight excluding hydrogens is 677 g/mol. The van der Waals surface area contributed by atoms with Gasteiger partial charge in [0, 0.05) is 43.7 Å². The summed E-state index contributed by atoms with van der Waals surface area (Å²) in [6.07, 6.45) is 0. The molecule has 0 aliphatic carbocycles. The Labute approximate surface area is 323 Å². The first-order valence-corrected chi connectivity index (χ1v) is 19.3. The molecule has 2 heterocycles. The fraction of sp³-hybridized carbons (Fsp3) is 0. The maximum atomic E-state index is 3.67. The first-order valence-electron chi connectivity index (χ1n) is 19.3. The van der Waals surface area contributed by atoms with Crippen molar-refractivity contribution in [2.75, 3.05) is 0 Å². The van der Waals surface area contributed by atoms with E-state index >= 15 is 0 Å². The van der Waals surface area contributed by atoms with Crippen LogP contribution in [0.2, 0.25) is 0 Å². The zero-order chi connectivity index (χ0) is 36.7. The predicted molar refractivity (Wildman–Crippen MR) is 239 cm³/mol. The van der Waals surface area contributed by atoms with Gasteiger partial charge in [-0.2, -0.15) is 0 Å². The van der Waals surface area contributed by atoms with Crippen LogP contribution in [0.3, 0.4) is 0 Å². The van der Waals surface area contributed by atoms with Crippen LogP contribution in [0.5, 0.6) is 0 Å². The summed E-state index contributed by atoms with van der Waals surface area (Å²) in [5.74, 6) is 0. The van der Waals surface area contributed by atoms with Crippen molar-refractivity contribution < 1.29 is 0 Å². The van der Waals surface area contributed by atoms with E-state index in [4.69, 9.17) is 0 Å². The van der Waals surface area contributed by atoms with Crippen LogP contribution >= 0.6 is 0 Å². The summed E-state index contributed by atoms with van der Waals surface area (Å²) in [6, 6.07) is 71.2. The van der Waals surface area contributed by atoms with Crippen LogP contribution in [0, 0.1) is 0 Å². The summed E-state index contributed by atoms with van der Waals surface area (Å²) in [6.45, 7) is 0. The van der Waals surface area contributed by atoms with E-state index in [2.05, 4.69) is 204 Å². The van der Waals surface area contributed by atoms with E-state index in [0.717, 1.165) is 0 Å². The van der Waals surface area contributed by atoms with E-state index in [1.54, 1.807) is 0 Å². The number of hydrogen-bond donors (Lipinski definition) is 2. The minimum Gasteiger partial charge on any atom is -0.354 e. The second-order valence-electron chi connectivity index (χ2n) is 15.0. The molecule has 2 nitrogen and oxygen atoms in total. The van der Waals surface area contributed by atoms with Gasteiger partial charge in [-0.3, -0.25) is 0 Å². The molecule has 0 saturated carbocycles. The van der Waals surface area contributed by atoms with Crippen molar-refractivity contribution in [1.29, 1.82) is 0 Å². The normalized spacial score (nSPS) is 11.9. The van der Waals surface area contributed by atoms with E-state index in [1.165, 1.54) is 120 Å². The molecule has 10 aromatic carbocycles. The first kappa shape index (κ1) is 31.0. The van der Waals surface area contributed by atoms with Crippen LogP contribution in [0.4, 0.5) is 0 Å². The summed E-state index contributed by atoms with van der Waals surface area (Å²) in [7, 11) is 0. The first-order chi connectivity index (χ1) is 27.7. The van der Waals surface area contributed by atoms with Crippen molar-refractivity contribution in [2.45, 2.75) is 0 Å². The Morgan fingerprint density at radius 2 is 0.554 bits per heavy atom. The number of rotatable bonds is 4. The number of nitrogens with one attached hydrogen (secondary N) is 2. The molecule has 0 fully saturated rings. The van der Waals surface area contributed by atoms with E-state index in [1.807, 2.05) is 0 Å². The second kappa shape index (κ2) is 12.0. The minimum atomic E-state index is 1.17. The zero-order valence-corrected chi connectivity index (χ0v) is 30.5. The van der Waals surface area contributed by atoms with Crippen LogP contribution in [0.15, 0.2) is 194 Å². The van der Waals surface area contributed by atoms with Crippen molar-refractivity contribution in [3.8, 4) is 44.5 Å². The number of hydrogen-bond acceptors (Lipinski definition) is 0. The lowest BCUT2D eigenvalue weighted by Crippen LogP contribution is -1.87. The number of aromatic amines is 2. The van der Waals surface area contributed by atoms with Crippen LogP contribution in [-0.2, 0) is 0 Å². The average molecular weight is 711 g/mol. The van der Waals surface area contributed by atoms with Crippen molar-refractivity contribution in [1.82, 2.24) is 9.97 Å². The largest absolute Gasteiger partial charge is 0.354 e. The molecule has 0 amide bonds. The Kier molecular flexibility index (Phi) is 6.66. The van der Waals surface area contributed by atoms with E-state index in [0.29, 0.717) is 0 Å². The highest BCUT2D eigenvalue weighted by atomic mass is 14.7. The highest BCUT2D eigenvalue weighted by Crippen LogP contribution is 2.41. The number of aromatic nitrogens is 2. The monoisotopic (exact) mass is 710 g/mol. The molecule has 0 unspecified atom stereocenters. The molecule has 2 aromatic heterocycles. The highest BCUT2D eigenvalue weighted by Gasteiger charge is 2.14. The quantitative estimate of drug-likeness (QED) is 0.170. The molecule has 56 heavy (non-hydrogen) atoms. The van der Waals surface area contributed by atoms with Crippen molar-refractivity contribution in [3.05, 3.63) is 194 Å². The van der Waals surface area contributed by atoms with E-state index < -0.39 is 0 Å². The number of benzene rings is 10. The number of fused-ring (bicyclic) bond motifs is 12. The summed E-state index contributed by atoms with van der Waals surface area (Å²) in [5, 5.41) is 12.7. The van der Waals surface area contributed by atoms with Gasteiger partial charge in [-0.1, -0.05) is 170 Å². The van der Waals surface area contributed by atoms with Gasteiger partial charge in [0.1, 0.15) is 0 Å². The summed E-state index contributed by atoms with van der Waals surface area (Å²) >= 11 is 0. The molecule has 0 saturated heterocycles. The molecule has 0 radical (unpaired) electrons. The smallest absolute Gasteiger partial charge is 0.0544 e. The van der Waals surface area contributed by atoms with Gasteiger partial charge >= 0.3 is 0 Å². The van der Waals surface area contributed by atoms with Gasteiger partial charge in [0.2, 0.25) is 0 Å². The van der Waals surface area contributed by atoms with Gasteiger partial charge in [0.05, 0.1) is 11.0 Å². The third kappa shape index (κ3) is 4.69. The van der Waals surface area contributed by atoms with E-state index in [-0.39, 0.29) is 0 Å². The van der Waals surface area contributed by atoms with Crippen LogP contribution in [-0.4, -0.2) is 9.97 Å². The summed E-state index contributed by atoms with van der Waals surface area (Å²) < 4.78 is 0. The van der Waals surface area contributed by atoms with Gasteiger partial charge in [-0.05, 0) is 90.0 Å². The molecule has 0 aliphatic heterocycles. The minimum absolute atomic E-state index is 1.17. The number of para-hydroxylation sites is 4. The molecule has 12 aromatic rings. The molecule has 2 heteroatoms. The maximum absolute atomic E-state index is 3.67. The highest BCUT2D eigenvalue weighted by molar-refractivity contribution is 6.26. The Morgan fingerprint density at radius 3 is 1.00 bits per heavy atom. The molecule has 2 N–H and O–H groups in total. The lowest BCUT2D eigenvalue weighted by Gasteiger charge is -2.14. The number of H-pyrrole nitrogens is 2. The van der Waals surface area contributed by atoms with Crippen molar-refractivity contribution in [3.63, 3.8) is 0 Å². The third-order valence-electron chi connectivity index (χ3n) is 12.0. The fourth-order valence-electron chi connectivity index (χ4n) is 9.23. The molecular formula is C54H34N2. The third-order valence-corrected chi connectivity index (χ3v) is 12.0. The predicted octanol–water partition coefficient (Wildman–Crippen LogP) is 15.1. The van der Waals surface area contributed by atoms with E-state index in [9.17, 15) is 0 Å². The van der Waals surface area contributed by atoms with Crippen LogP contribution in [0.25, 0.3) is 120 Å². The zero-order valence-electron chi connectivity index (χ0n) is 30.5. The lowest BCUT2D eigenvalue weighted by atomic mass is 9.90. The van der Waals surface area contributed by atoms with Crippen molar-refractivity contribution in [2.24, 2.45) is 0 Å². The second-order valence-corrected chi connectivity index (χ2v) is 15.0. The molecule has 0 aliphatic rings. The topological polar surface area (TPSA) is 31.6 Å². The van der Waals surface area contributed by atoms with Gasteiger partial charge in [0.25, 0.3) is 0 Å². The standard InChI is InChI=1S/C54H34N2/c1-2-10-42-41(9-1)49-31-37(33-19-23-35(24-20-33)39-13-7-15-47-45-11-3-5-17-51(45)55-53(39)47)27-29-43(49)44-30-28-38(32-50(42)44)34-21-25-36(26-22-34)40-14-8-16-48-46-12-4-6-18-52(46)56-54(40)48/h1-32,55-56H. The molecule has 0 spiro atoms. The molecule has 12 rings (SSSR count). The van der Waals surface area contributed by atoms with Gasteiger partial charge in [-0.25, -0.2) is 0 Å². The Balaban J connectivity index is 0.913. The maximum Gasteiger partial charge on any atom is 0.0544 e. The average Bonchev–Trinajstić information content (AvgIpc) is 3.85. The summed E-state index contributed by atoms with van der Waals surface area (Å²) in [4.78, 5) is 7.34. The Hall–Kier alpha value is -7.42. The molecule has 260 valence electrons. The van der Waals surface area contributed by atoms with Crippen molar-refractivity contribution >= 4 is 75.9 Å². The molecule has 0 atom stereocenters. The van der Waals surface area contributed by atoms with Gasteiger partial charge < -0.3 is 9.97 Å². The van der Waals surface area contributed by atoms with Crippen LogP contribution < -0.4 is 0 Å². The van der Waals surface area contributed by atoms with Gasteiger partial charge in [-0.15, -0.1) is 0 Å². The van der Waals surface area contributed by atoms with Gasteiger partial charge in [0.15, 0.2) is 0 Å². The van der Waals surface area contributed by atoms with Crippen LogP contribution in [0.1, 0.15) is 0 Å². The SMILES string of the molecule is c1ccc2c(c1)[nH]c1c(-c3ccc(-c4ccc5c6ccc(-c7ccc(-c8cccc9c8[nH]c8ccccc89)cc7)cc6c6ccccc6c5c4)cc3)cccc12. The lowest BCUT2D eigenvalue weighted by molar-refractivity contribution is 1.53. The summed E-state index contributed by atoms with van der Waals surface area (Å²) in [5.41, 5.74) is 14.4. The Morgan fingerprint density at radius 1 is 0.214 bits per heavy atom. The fourth-order valence-corrected chi connectivity index (χ4v) is 9.23. The Bertz CT molecular complexity index is 3250.